The Morgan fingerprint density at radius 1 is 1.30 bits per heavy atom. The summed E-state index contributed by atoms with van der Waals surface area (Å²) >= 11 is 0. The quantitative estimate of drug-likeness (QED) is 0.315. The Bertz CT molecular complexity index is 93.6. The molecule has 5 heteroatoms. The van der Waals surface area contributed by atoms with Crippen LogP contribution in [0.25, 0.3) is 0 Å². The number of aromatic nitrogens is 1. The van der Waals surface area contributed by atoms with E-state index in [0.717, 1.165) is 0 Å². The van der Waals surface area contributed by atoms with Crippen LogP contribution < -0.4 is 48.2 Å². The molecule has 1 rings (SSSR count). The van der Waals surface area contributed by atoms with Gasteiger partial charge in [-0.2, -0.15) is 6.07 Å². The van der Waals surface area contributed by atoms with E-state index in [1.54, 1.807) is 12.4 Å². The molecule has 0 bridgehead atoms. The smallest absolute Gasteiger partial charge is 1.00 e. The summed E-state index contributed by atoms with van der Waals surface area (Å²) < 4.78 is 0. The van der Waals surface area contributed by atoms with E-state index < -0.39 is 0 Å². The van der Waals surface area contributed by atoms with Crippen molar-refractivity contribution in [1.82, 2.24) is 4.98 Å². The maximum Gasteiger partial charge on any atom is 2.00 e. The predicted molar refractivity (Wildman–Crippen MR) is 28.8 cm³/mol. The van der Waals surface area contributed by atoms with Crippen LogP contribution >= 0.6 is 0 Å². The Morgan fingerprint density at radius 3 is 2.00 bits per heavy atom. The molecule has 0 aliphatic rings. The van der Waals surface area contributed by atoms with Crippen LogP contribution in [-0.4, -0.2) is 28.0 Å². The Labute approximate surface area is 106 Å². The summed E-state index contributed by atoms with van der Waals surface area (Å²) in [5.41, 5.74) is 0. The first-order valence-electron chi connectivity index (χ1n) is 1.76. The molecule has 0 N–H and O–H groups in total. The Kier molecular flexibility index (Phi) is 37.6. The van der Waals surface area contributed by atoms with E-state index in [1.165, 1.54) is 0 Å². The fraction of sp³-hybridized carbons (Fsp3) is 0. The molecule has 0 aliphatic carbocycles. The fourth-order valence-corrected chi connectivity index (χ4v) is 0.277. The molecule has 0 radical (unpaired) electrons. The number of hydrogen-bond donors (Lipinski definition) is 0. The van der Waals surface area contributed by atoms with Gasteiger partial charge >= 0.3 is 41.9 Å². The second kappa shape index (κ2) is 16.7. The van der Waals surface area contributed by atoms with E-state index in [0.29, 0.717) is 0 Å². The van der Waals surface area contributed by atoms with Crippen molar-refractivity contribution >= 4 is 23.1 Å². The van der Waals surface area contributed by atoms with Gasteiger partial charge in [0.05, 0.1) is 0 Å². The molecular formula is C5H4BrClLiMgN. The van der Waals surface area contributed by atoms with Gasteiger partial charge in [-0.05, 0) is 0 Å². The van der Waals surface area contributed by atoms with Crippen LogP contribution in [0, 0.1) is 6.07 Å². The second-order valence-electron chi connectivity index (χ2n) is 0.953. The first kappa shape index (κ1) is 22.5. The third kappa shape index (κ3) is 12.0. The zero-order chi connectivity index (χ0) is 4.24. The number of rotatable bonds is 0. The van der Waals surface area contributed by atoms with Crippen LogP contribution in [0.5, 0.6) is 0 Å². The normalized spacial score (nSPS) is 4.80. The summed E-state index contributed by atoms with van der Waals surface area (Å²) in [5.74, 6) is 0. The number of halogens is 2. The standard InChI is InChI=1S/C5H4N.BrH.ClH.Li.Mg/c1-2-4-6-5-3-1;;;;/h1-2,4-5H;2*1H;;/q-1;;;+1;+2/p-2. The van der Waals surface area contributed by atoms with Crippen molar-refractivity contribution in [1.29, 1.82) is 0 Å². The summed E-state index contributed by atoms with van der Waals surface area (Å²) in [6.45, 7) is 0. The Balaban J connectivity index is -0.0000000450. The van der Waals surface area contributed by atoms with Crippen molar-refractivity contribution in [3.8, 4) is 0 Å². The van der Waals surface area contributed by atoms with Gasteiger partial charge in [-0.15, -0.1) is 0 Å². The molecule has 1 nitrogen and oxygen atoms in total. The number of nitrogens with zero attached hydrogens (tertiary/aromatic N) is 1. The molecule has 0 aromatic carbocycles. The van der Waals surface area contributed by atoms with Crippen LogP contribution in [0.15, 0.2) is 24.5 Å². The van der Waals surface area contributed by atoms with Gasteiger partial charge in [-0.25, -0.2) is 12.1 Å². The van der Waals surface area contributed by atoms with E-state index in [2.05, 4.69) is 11.1 Å². The summed E-state index contributed by atoms with van der Waals surface area (Å²) in [6, 6.07) is 6.43. The molecule has 0 aliphatic heterocycles. The molecule has 1 aromatic heterocycles. The van der Waals surface area contributed by atoms with Crippen LogP contribution in [0.1, 0.15) is 0 Å². The van der Waals surface area contributed by atoms with Gasteiger partial charge < -0.3 is 34.4 Å². The molecule has 1 heterocycles. The molecule has 0 saturated carbocycles. The summed E-state index contributed by atoms with van der Waals surface area (Å²) in [4.78, 5) is 3.73. The third-order valence-electron chi connectivity index (χ3n) is 0.514. The minimum Gasteiger partial charge on any atom is -1.00 e. The maximum atomic E-state index is 3.73. The topological polar surface area (TPSA) is 12.9 Å². The molecule has 0 unspecified atom stereocenters. The zero-order valence-corrected chi connectivity index (χ0v) is 9.48. The minimum absolute atomic E-state index is 0. The van der Waals surface area contributed by atoms with Crippen molar-refractivity contribution in [3.05, 3.63) is 30.6 Å². The van der Waals surface area contributed by atoms with Gasteiger partial charge in [0.15, 0.2) is 0 Å². The molecule has 46 valence electrons. The van der Waals surface area contributed by atoms with E-state index in [1.807, 2.05) is 12.1 Å². The summed E-state index contributed by atoms with van der Waals surface area (Å²) in [7, 11) is 0. The molecule has 1 aromatic rings. The third-order valence-corrected chi connectivity index (χ3v) is 0.514. The Hall–Kier alpha value is 1.28. The number of pyridine rings is 1. The molecule has 0 saturated heterocycles. The first-order chi connectivity index (χ1) is 3.00. The van der Waals surface area contributed by atoms with Crippen LogP contribution in [-0.2, 0) is 0 Å². The van der Waals surface area contributed by atoms with Gasteiger partial charge in [0.2, 0.25) is 0 Å². The van der Waals surface area contributed by atoms with Crippen LogP contribution in [0.2, 0.25) is 0 Å². The van der Waals surface area contributed by atoms with Gasteiger partial charge in [0.1, 0.15) is 0 Å². The maximum absolute atomic E-state index is 3.73. The van der Waals surface area contributed by atoms with E-state index in [9.17, 15) is 0 Å². The van der Waals surface area contributed by atoms with Crippen molar-refractivity contribution in [2.24, 2.45) is 0 Å². The van der Waals surface area contributed by atoms with E-state index in [4.69, 9.17) is 0 Å². The van der Waals surface area contributed by atoms with Crippen molar-refractivity contribution in [3.63, 3.8) is 0 Å². The largest absolute Gasteiger partial charge is 2.00 e. The monoisotopic (exact) mass is 223 g/mol. The summed E-state index contributed by atoms with van der Waals surface area (Å²) in [5, 5.41) is 0. The van der Waals surface area contributed by atoms with Gasteiger partial charge in [0, 0.05) is 0 Å². The molecular weight excluding hydrogens is 221 g/mol. The zero-order valence-electron chi connectivity index (χ0n) is 5.72. The SMILES string of the molecule is [Br-].[Cl-].[Li+].[Mg+2].[c-]1cccnc1. The van der Waals surface area contributed by atoms with Gasteiger partial charge in [-0.1, -0.05) is 12.4 Å². The second-order valence-corrected chi connectivity index (χ2v) is 0.953. The van der Waals surface area contributed by atoms with Crippen LogP contribution in [0.4, 0.5) is 0 Å². The van der Waals surface area contributed by atoms with Gasteiger partial charge in [-0.3, -0.25) is 0 Å². The average molecular weight is 225 g/mol. The number of hydrogen-bond acceptors (Lipinski definition) is 1. The first-order valence-corrected chi connectivity index (χ1v) is 1.76. The van der Waals surface area contributed by atoms with Crippen molar-refractivity contribution < 1.29 is 48.2 Å². The molecule has 0 spiro atoms. The van der Waals surface area contributed by atoms with Crippen molar-refractivity contribution in [2.45, 2.75) is 0 Å². The van der Waals surface area contributed by atoms with E-state index >= 15 is 0 Å². The predicted octanol–water partition coefficient (Wildman–Crippen LogP) is -8.49. The molecule has 0 atom stereocenters. The Morgan fingerprint density at radius 2 is 1.90 bits per heavy atom. The molecule has 10 heavy (non-hydrogen) atoms. The van der Waals surface area contributed by atoms with E-state index in [-0.39, 0.29) is 71.3 Å². The molecule has 0 amide bonds. The average Bonchev–Trinajstić information content (AvgIpc) is 1.72. The van der Waals surface area contributed by atoms with Gasteiger partial charge in [0.25, 0.3) is 0 Å². The molecule has 0 fully saturated rings. The summed E-state index contributed by atoms with van der Waals surface area (Å²) in [6.07, 6.45) is 3.34. The minimum atomic E-state index is 0. The van der Waals surface area contributed by atoms with Crippen molar-refractivity contribution in [2.75, 3.05) is 0 Å². The van der Waals surface area contributed by atoms with Crippen LogP contribution in [0.3, 0.4) is 0 Å². The fourth-order valence-electron chi connectivity index (χ4n) is 0.277.